The van der Waals surface area contributed by atoms with Gasteiger partial charge in [-0.2, -0.15) is 0 Å². The Labute approximate surface area is 326 Å². The summed E-state index contributed by atoms with van der Waals surface area (Å²) in [6.07, 6.45) is 0. The van der Waals surface area contributed by atoms with Crippen molar-refractivity contribution in [3.8, 4) is 5.75 Å². The van der Waals surface area contributed by atoms with E-state index in [0.717, 1.165) is 18.2 Å². The molecule has 0 spiro atoms. The molecule has 0 radical (unpaired) electrons. The maximum atomic E-state index is 12.7. The maximum Gasteiger partial charge on any atom is 1.00 e. The maximum absolute atomic E-state index is 12.7. The molecule has 35 heavy (non-hydrogen) atoms. The first kappa shape index (κ1) is 34.8. The SMILES string of the molecule is O=C1C(c2[nH]c3c(S(=O)(=O)[O-])cc(S(=O)(=O)[O-])cc3c2O)=Nc2ccc(S(=O)(=O)[O-])cc21.[K+].[K+].[K+]. The Hall–Kier alpha value is 1.76. The molecule has 4 rings (SSSR count). The van der Waals surface area contributed by atoms with Crippen molar-refractivity contribution in [2.24, 2.45) is 4.99 Å². The molecule has 2 aromatic carbocycles. The van der Waals surface area contributed by atoms with Crippen LogP contribution in [0, 0.1) is 0 Å². The Balaban J connectivity index is 0.00000204. The molecule has 1 aromatic heterocycles. The van der Waals surface area contributed by atoms with E-state index in [9.17, 15) is 48.8 Å². The fourth-order valence-electron chi connectivity index (χ4n) is 3.16. The zero-order valence-electron chi connectivity index (χ0n) is 18.1. The van der Waals surface area contributed by atoms with Crippen molar-refractivity contribution in [1.82, 2.24) is 4.98 Å². The predicted molar refractivity (Wildman–Crippen MR) is 101 cm³/mol. The number of ketones is 1. The number of fused-ring (bicyclic) bond motifs is 2. The van der Waals surface area contributed by atoms with Gasteiger partial charge < -0.3 is 23.7 Å². The largest absolute Gasteiger partial charge is 1.00 e. The number of aromatic hydroxyl groups is 1. The van der Waals surface area contributed by atoms with Gasteiger partial charge in [0.2, 0.25) is 5.78 Å². The number of carbonyl (C=O) groups excluding carboxylic acids is 1. The van der Waals surface area contributed by atoms with Crippen LogP contribution in [0.15, 0.2) is 50.0 Å². The molecule has 19 heteroatoms. The second-order valence-electron chi connectivity index (χ2n) is 6.52. The van der Waals surface area contributed by atoms with E-state index in [1.165, 1.54) is 0 Å². The minimum Gasteiger partial charge on any atom is -0.744 e. The average Bonchev–Trinajstić information content (AvgIpc) is 3.16. The van der Waals surface area contributed by atoms with Crippen molar-refractivity contribution in [3.63, 3.8) is 0 Å². The molecule has 0 bridgehead atoms. The summed E-state index contributed by atoms with van der Waals surface area (Å²) in [5.41, 5.74) is -2.05. The van der Waals surface area contributed by atoms with Crippen molar-refractivity contribution in [2.75, 3.05) is 0 Å². The van der Waals surface area contributed by atoms with Crippen molar-refractivity contribution in [2.45, 2.75) is 14.7 Å². The van der Waals surface area contributed by atoms with E-state index >= 15 is 0 Å². The van der Waals surface area contributed by atoms with Crippen LogP contribution in [-0.2, 0) is 30.4 Å². The number of aliphatic imine (C=N–C) groups is 1. The van der Waals surface area contributed by atoms with Crippen LogP contribution in [0.1, 0.15) is 16.1 Å². The number of carbonyl (C=O) groups is 1. The van der Waals surface area contributed by atoms with Gasteiger partial charge in [-0.3, -0.25) is 4.79 Å². The van der Waals surface area contributed by atoms with Crippen LogP contribution in [0.4, 0.5) is 5.69 Å². The van der Waals surface area contributed by atoms with E-state index in [0.29, 0.717) is 12.1 Å². The third-order valence-electron chi connectivity index (χ3n) is 4.56. The van der Waals surface area contributed by atoms with Crippen LogP contribution < -0.4 is 154 Å². The number of hydrogen-bond acceptors (Lipinski definition) is 12. The average molecular weight is 617 g/mol. The van der Waals surface area contributed by atoms with Crippen LogP contribution in [0.5, 0.6) is 5.75 Å². The standard InChI is InChI=1S/C16H10N2O11S3.3K/c19-15-8-3-6(30(21,22)23)1-2-10(8)17-13(15)14-16(20)9-4-7(31(24,25)26)5-11(12(9)18-14)32(27,28)29;;;/h1-5,18,20H,(H,21,22,23)(H,24,25,26)(H,27,28,29);;;/q;3*+1/p-3. The van der Waals surface area contributed by atoms with Gasteiger partial charge in [-0.15, -0.1) is 0 Å². The van der Waals surface area contributed by atoms with Crippen molar-refractivity contribution in [1.29, 1.82) is 0 Å². The Morgan fingerprint density at radius 1 is 0.800 bits per heavy atom. The third kappa shape index (κ3) is 6.92. The van der Waals surface area contributed by atoms with Crippen LogP contribution >= 0.6 is 0 Å². The number of nitrogens with zero attached hydrogens (tertiary/aromatic N) is 1. The van der Waals surface area contributed by atoms with E-state index in [-0.39, 0.29) is 165 Å². The van der Waals surface area contributed by atoms with Gasteiger partial charge in [0.05, 0.1) is 31.5 Å². The minimum atomic E-state index is -5.35. The first-order chi connectivity index (χ1) is 14.6. The van der Waals surface area contributed by atoms with Gasteiger partial charge >= 0.3 is 154 Å². The number of aromatic amines is 1. The molecule has 0 aliphatic carbocycles. The van der Waals surface area contributed by atoms with Crippen LogP contribution in [0.25, 0.3) is 10.9 Å². The summed E-state index contributed by atoms with van der Waals surface area (Å²) in [6.45, 7) is 0. The number of H-pyrrole nitrogens is 1. The molecule has 0 saturated heterocycles. The molecule has 2 N–H and O–H groups in total. The topological polar surface area (TPSA) is 237 Å². The zero-order chi connectivity index (χ0) is 23.8. The van der Waals surface area contributed by atoms with E-state index in [1.54, 1.807) is 0 Å². The van der Waals surface area contributed by atoms with Crippen LogP contribution in [0.2, 0.25) is 0 Å². The number of hydrogen-bond donors (Lipinski definition) is 2. The summed E-state index contributed by atoms with van der Waals surface area (Å²) in [7, 11) is -15.5. The molecule has 1 aliphatic rings. The normalized spacial score (nSPS) is 13.3. The quantitative estimate of drug-likeness (QED) is 0.206. The van der Waals surface area contributed by atoms with Gasteiger partial charge in [0.25, 0.3) is 0 Å². The van der Waals surface area contributed by atoms with Crippen LogP contribution in [-0.4, -0.2) is 60.5 Å². The second kappa shape index (κ2) is 12.1. The summed E-state index contributed by atoms with van der Waals surface area (Å²) >= 11 is 0. The Morgan fingerprint density at radius 3 is 1.89 bits per heavy atom. The van der Waals surface area contributed by atoms with E-state index in [1.807, 2.05) is 0 Å². The first-order valence-corrected chi connectivity index (χ1v) is 12.4. The Bertz CT molecular complexity index is 1730. The van der Waals surface area contributed by atoms with E-state index < -0.39 is 78.9 Å². The third-order valence-corrected chi connectivity index (χ3v) is 7.07. The smallest absolute Gasteiger partial charge is 0.744 e. The summed E-state index contributed by atoms with van der Waals surface area (Å²) < 4.78 is 102. The molecule has 1 aliphatic heterocycles. The van der Waals surface area contributed by atoms with Gasteiger partial charge in [-0.05, 0) is 30.3 Å². The Morgan fingerprint density at radius 2 is 1.37 bits per heavy atom. The number of benzene rings is 2. The van der Waals surface area contributed by atoms with Gasteiger partial charge in [-0.25, -0.2) is 30.2 Å². The molecular weight excluding hydrogens is 610 g/mol. The first-order valence-electron chi connectivity index (χ1n) is 8.13. The fraction of sp³-hybridized carbons (Fsp3) is 0. The molecule has 13 nitrogen and oxygen atoms in total. The monoisotopic (exact) mass is 616 g/mol. The van der Waals surface area contributed by atoms with E-state index in [4.69, 9.17) is 0 Å². The summed E-state index contributed by atoms with van der Waals surface area (Å²) in [5, 5.41) is 9.94. The molecule has 168 valence electrons. The van der Waals surface area contributed by atoms with Crippen molar-refractivity contribution >= 4 is 58.4 Å². The molecule has 0 saturated carbocycles. The number of nitrogens with one attached hydrogen (secondary N) is 1. The predicted octanol–water partition coefficient (Wildman–Crippen LogP) is -9.09. The molecule has 3 aromatic rings. The second-order valence-corrected chi connectivity index (χ2v) is 10.6. The fourth-order valence-corrected chi connectivity index (χ4v) is 4.93. The molecular formula is C16H7K3N2O11S3. The van der Waals surface area contributed by atoms with Crippen molar-refractivity contribution in [3.05, 3.63) is 41.6 Å². The van der Waals surface area contributed by atoms with Crippen LogP contribution in [0.3, 0.4) is 0 Å². The van der Waals surface area contributed by atoms with Gasteiger partial charge in [-0.1, -0.05) is 0 Å². The molecule has 0 fully saturated rings. The summed E-state index contributed by atoms with van der Waals surface area (Å²) in [4.78, 5) is 16.0. The number of rotatable bonds is 4. The van der Waals surface area contributed by atoms with Crippen molar-refractivity contribution < 1.29 is 203 Å². The van der Waals surface area contributed by atoms with Gasteiger partial charge in [0.15, 0.2) is 5.75 Å². The zero-order valence-corrected chi connectivity index (χ0v) is 29.9. The number of aromatic nitrogens is 1. The summed E-state index contributed by atoms with van der Waals surface area (Å²) in [6, 6.07) is 3.65. The molecule has 0 amide bonds. The molecule has 2 heterocycles. The molecule has 0 unspecified atom stereocenters. The van der Waals surface area contributed by atoms with Gasteiger partial charge in [0, 0.05) is 5.39 Å². The van der Waals surface area contributed by atoms with E-state index in [2.05, 4.69) is 9.98 Å². The Kier molecular flexibility index (Phi) is 12.0. The molecule has 0 atom stereocenters. The van der Waals surface area contributed by atoms with Gasteiger partial charge in [0.1, 0.15) is 41.8 Å². The number of Topliss-reactive ketones (excluding diaryl/α,β-unsaturated/α-hetero) is 1. The minimum absolute atomic E-state index is 0. The summed E-state index contributed by atoms with van der Waals surface area (Å²) in [5.74, 6) is -1.86.